The Morgan fingerprint density at radius 2 is 1.70 bits per heavy atom. The van der Waals surface area contributed by atoms with E-state index in [1.807, 2.05) is 6.07 Å². The zero-order valence-corrected chi connectivity index (χ0v) is 23.1. The molecule has 10 nitrogen and oxygen atoms in total. The highest BCUT2D eigenvalue weighted by Gasteiger charge is 2.65. The van der Waals surface area contributed by atoms with E-state index in [2.05, 4.69) is 0 Å². The molecule has 3 aromatic carbocycles. The number of rotatable bonds is 5. The third-order valence-electron chi connectivity index (χ3n) is 7.30. The molecule has 0 aliphatic carbocycles. The molecule has 0 bridgehead atoms. The van der Waals surface area contributed by atoms with E-state index in [1.165, 1.54) is 48.3 Å². The number of nitrogens with zero attached hydrogens (tertiary/aromatic N) is 4. The standard InChI is InChI=1S/C27H20Cl2N4O6S/c1-31-26(37)33(21-11-19(28)10-20(29)12-21)25(36)27(31)15-32(14-23(27)17-7-5-16(13-30)6-8-17)40(38,39)22-4-2-3-18(9-22)24(34)35/h2-12,23H,14-15H2,1H3,(H,34,35)/t23-,27+/m1/s1. The lowest BCUT2D eigenvalue weighted by Gasteiger charge is -2.33. The number of anilines is 1. The zero-order chi connectivity index (χ0) is 29.0. The first kappa shape index (κ1) is 27.6. The lowest BCUT2D eigenvalue weighted by Crippen LogP contribution is -2.54. The van der Waals surface area contributed by atoms with Gasteiger partial charge in [0.05, 0.1) is 27.8 Å². The zero-order valence-electron chi connectivity index (χ0n) is 20.8. The van der Waals surface area contributed by atoms with Crippen molar-refractivity contribution in [3.8, 4) is 6.07 Å². The van der Waals surface area contributed by atoms with E-state index in [0.717, 1.165) is 15.3 Å². The molecule has 2 aliphatic heterocycles. The summed E-state index contributed by atoms with van der Waals surface area (Å²) in [6.45, 7) is -0.595. The number of sulfonamides is 1. The van der Waals surface area contributed by atoms with Crippen LogP contribution in [-0.4, -0.2) is 66.3 Å². The van der Waals surface area contributed by atoms with Gasteiger partial charge in [-0.15, -0.1) is 0 Å². The fourth-order valence-corrected chi connectivity index (χ4v) is 7.34. The third kappa shape index (κ3) is 4.30. The van der Waals surface area contributed by atoms with Crippen molar-refractivity contribution in [2.45, 2.75) is 16.4 Å². The monoisotopic (exact) mass is 598 g/mol. The highest BCUT2D eigenvalue weighted by Crippen LogP contribution is 2.48. The number of carbonyl (C=O) groups is 3. The first-order valence-corrected chi connectivity index (χ1v) is 14.0. The van der Waals surface area contributed by atoms with Gasteiger partial charge in [0.2, 0.25) is 10.0 Å². The van der Waals surface area contributed by atoms with E-state index in [4.69, 9.17) is 23.2 Å². The summed E-state index contributed by atoms with van der Waals surface area (Å²) in [4.78, 5) is 41.2. The summed E-state index contributed by atoms with van der Waals surface area (Å²) in [6.07, 6.45) is 0. The topological polar surface area (TPSA) is 139 Å². The van der Waals surface area contributed by atoms with E-state index < -0.39 is 45.9 Å². The van der Waals surface area contributed by atoms with Gasteiger partial charge in [-0.25, -0.2) is 22.9 Å². The van der Waals surface area contributed by atoms with E-state index in [0.29, 0.717) is 11.1 Å². The highest BCUT2D eigenvalue weighted by molar-refractivity contribution is 7.89. The summed E-state index contributed by atoms with van der Waals surface area (Å²) in [5, 5.41) is 19.0. The summed E-state index contributed by atoms with van der Waals surface area (Å²) in [6, 6.07) is 16.8. The van der Waals surface area contributed by atoms with Crippen molar-refractivity contribution < 1.29 is 27.9 Å². The van der Waals surface area contributed by atoms with Gasteiger partial charge in [-0.05, 0) is 54.1 Å². The Hall–Kier alpha value is -3.95. The molecular weight excluding hydrogens is 579 g/mol. The summed E-state index contributed by atoms with van der Waals surface area (Å²) < 4.78 is 28.7. The number of nitriles is 1. The van der Waals surface area contributed by atoms with E-state index in [-0.39, 0.29) is 32.7 Å². The van der Waals surface area contributed by atoms with Gasteiger partial charge in [-0.3, -0.25) is 4.79 Å². The summed E-state index contributed by atoms with van der Waals surface area (Å²) in [5.74, 6) is -2.80. The Morgan fingerprint density at radius 3 is 2.30 bits per heavy atom. The minimum Gasteiger partial charge on any atom is -0.478 e. The van der Waals surface area contributed by atoms with Crippen LogP contribution in [-0.2, 0) is 14.8 Å². The van der Waals surface area contributed by atoms with Crippen LogP contribution < -0.4 is 4.90 Å². The van der Waals surface area contributed by atoms with E-state index in [9.17, 15) is 33.2 Å². The number of benzene rings is 3. The molecule has 5 rings (SSSR count). The molecule has 40 heavy (non-hydrogen) atoms. The number of aromatic carboxylic acids is 1. The quantitative estimate of drug-likeness (QED) is 0.434. The largest absolute Gasteiger partial charge is 0.478 e. The Labute approximate surface area is 239 Å². The summed E-state index contributed by atoms with van der Waals surface area (Å²) in [5.41, 5.74) is -0.854. The lowest BCUT2D eigenvalue weighted by molar-refractivity contribution is -0.124. The molecule has 1 spiro atoms. The molecule has 2 atom stereocenters. The van der Waals surface area contributed by atoms with Crippen molar-refractivity contribution in [2.24, 2.45) is 0 Å². The second-order valence-electron chi connectivity index (χ2n) is 9.45. The van der Waals surface area contributed by atoms with Crippen LogP contribution in [0.15, 0.2) is 71.6 Å². The number of hydrogen-bond donors (Lipinski definition) is 1. The Bertz CT molecular complexity index is 1700. The highest BCUT2D eigenvalue weighted by atomic mass is 35.5. The van der Waals surface area contributed by atoms with Crippen LogP contribution in [0.5, 0.6) is 0 Å². The average Bonchev–Trinajstić information content (AvgIpc) is 3.42. The second kappa shape index (κ2) is 9.91. The maximum absolute atomic E-state index is 14.3. The number of carbonyl (C=O) groups excluding carboxylic acids is 2. The molecule has 0 radical (unpaired) electrons. The first-order chi connectivity index (χ1) is 18.9. The summed E-state index contributed by atoms with van der Waals surface area (Å²) >= 11 is 12.3. The number of amides is 3. The molecule has 2 fully saturated rings. The Balaban J connectivity index is 1.65. The van der Waals surface area contributed by atoms with Gasteiger partial charge < -0.3 is 10.0 Å². The van der Waals surface area contributed by atoms with Gasteiger partial charge in [0.1, 0.15) is 5.54 Å². The number of likely N-dealkylation sites (N-methyl/N-ethyl adjacent to an activating group) is 1. The predicted octanol–water partition coefficient (Wildman–Crippen LogP) is 4.19. The minimum atomic E-state index is -4.31. The fraction of sp³-hybridized carbons (Fsp3) is 0.185. The van der Waals surface area contributed by atoms with Crippen LogP contribution in [0, 0.1) is 11.3 Å². The van der Waals surface area contributed by atoms with Crippen LogP contribution in [0.2, 0.25) is 10.0 Å². The predicted molar refractivity (Wildman–Crippen MR) is 146 cm³/mol. The molecule has 13 heteroatoms. The van der Waals surface area contributed by atoms with Gasteiger partial charge in [0.25, 0.3) is 5.91 Å². The molecular formula is C27H20Cl2N4O6S. The number of urea groups is 1. The molecule has 204 valence electrons. The number of halogens is 2. The fourth-order valence-electron chi connectivity index (χ4n) is 5.29. The number of hydrogen-bond acceptors (Lipinski definition) is 6. The number of carboxylic acids is 1. The molecule has 3 amide bonds. The molecule has 2 aliphatic rings. The number of imide groups is 1. The lowest BCUT2D eigenvalue weighted by atomic mass is 9.80. The molecule has 1 N–H and O–H groups in total. The molecule has 0 aromatic heterocycles. The van der Waals surface area contributed by atoms with Gasteiger partial charge in [0, 0.05) is 36.1 Å². The molecule has 0 saturated carbocycles. The second-order valence-corrected chi connectivity index (χ2v) is 12.3. The van der Waals surface area contributed by atoms with Crippen molar-refractivity contribution in [1.29, 1.82) is 5.26 Å². The molecule has 2 saturated heterocycles. The van der Waals surface area contributed by atoms with E-state index >= 15 is 0 Å². The normalized spacial score (nSPS) is 21.3. The third-order valence-corrected chi connectivity index (χ3v) is 9.54. The SMILES string of the molecule is CN1C(=O)N(c2cc(Cl)cc(Cl)c2)C(=O)[C@@]12CN(S(=O)(=O)c1cccc(C(=O)O)c1)C[C@@H]2c1ccc(C#N)cc1. The van der Waals surface area contributed by atoms with Crippen molar-refractivity contribution in [3.05, 3.63) is 93.5 Å². The smallest absolute Gasteiger partial charge is 0.335 e. The van der Waals surface area contributed by atoms with Gasteiger partial charge in [-0.1, -0.05) is 41.4 Å². The van der Waals surface area contributed by atoms with Gasteiger partial charge >= 0.3 is 12.0 Å². The maximum Gasteiger partial charge on any atom is 0.335 e. The summed E-state index contributed by atoms with van der Waals surface area (Å²) in [7, 11) is -2.88. The van der Waals surface area contributed by atoms with Crippen molar-refractivity contribution in [3.63, 3.8) is 0 Å². The van der Waals surface area contributed by atoms with Crippen LogP contribution in [0.25, 0.3) is 0 Å². The Morgan fingerprint density at radius 1 is 1.05 bits per heavy atom. The van der Waals surface area contributed by atoms with Gasteiger partial charge in [0.15, 0.2) is 0 Å². The molecule has 0 unspecified atom stereocenters. The van der Waals surface area contributed by atoms with Crippen molar-refractivity contribution in [1.82, 2.24) is 9.21 Å². The maximum atomic E-state index is 14.3. The number of carboxylic acid groups (broad SMARTS) is 1. The van der Waals surface area contributed by atoms with Crippen LogP contribution >= 0.6 is 23.2 Å². The van der Waals surface area contributed by atoms with Crippen LogP contribution in [0.3, 0.4) is 0 Å². The van der Waals surface area contributed by atoms with Crippen LogP contribution in [0.4, 0.5) is 10.5 Å². The average molecular weight is 599 g/mol. The minimum absolute atomic E-state index is 0.130. The molecule has 3 aromatic rings. The van der Waals surface area contributed by atoms with E-state index in [1.54, 1.807) is 24.3 Å². The van der Waals surface area contributed by atoms with Gasteiger partial charge in [-0.2, -0.15) is 9.57 Å². The van der Waals surface area contributed by atoms with Crippen LogP contribution in [0.1, 0.15) is 27.4 Å². The molecule has 2 heterocycles. The van der Waals surface area contributed by atoms with Crippen molar-refractivity contribution >= 4 is 56.8 Å². The first-order valence-electron chi connectivity index (χ1n) is 11.8. The Kier molecular flexibility index (Phi) is 6.84. The van der Waals surface area contributed by atoms with Crippen molar-refractivity contribution in [2.75, 3.05) is 25.0 Å².